The maximum absolute atomic E-state index is 10.4. The van der Waals surface area contributed by atoms with Crippen molar-refractivity contribution in [3.05, 3.63) is 29.8 Å². The van der Waals surface area contributed by atoms with E-state index >= 15 is 0 Å². The first kappa shape index (κ1) is 24.3. The van der Waals surface area contributed by atoms with Gasteiger partial charge in [-0.05, 0) is 62.9 Å². The van der Waals surface area contributed by atoms with Crippen LogP contribution in [0, 0.1) is 0 Å². The summed E-state index contributed by atoms with van der Waals surface area (Å²) in [5.74, 6) is -2.30. The molecule has 10 heteroatoms. The van der Waals surface area contributed by atoms with Gasteiger partial charge in [-0.25, -0.2) is 0 Å². The number of carbonyl (C=O) groups is 3. The molecule has 2 heterocycles. The molecule has 3 rings (SSSR count). The summed E-state index contributed by atoms with van der Waals surface area (Å²) in [6.07, 6.45) is 3.84. The molecule has 2 saturated heterocycles. The summed E-state index contributed by atoms with van der Waals surface area (Å²) in [5.41, 5.74) is 6.12. The van der Waals surface area contributed by atoms with Crippen LogP contribution in [0.25, 0.3) is 0 Å². The number of benzene rings is 1. The molecule has 0 radical (unpaired) electrons. The summed E-state index contributed by atoms with van der Waals surface area (Å²) < 4.78 is 0. The highest BCUT2D eigenvalue weighted by Crippen LogP contribution is 2.10. The molecule has 10 nitrogen and oxygen atoms in total. The lowest BCUT2D eigenvalue weighted by molar-refractivity contribution is -0.140. The summed E-state index contributed by atoms with van der Waals surface area (Å²) in [5, 5.41) is 39.9. The summed E-state index contributed by atoms with van der Waals surface area (Å²) in [7, 11) is 0. The molecule has 162 valence electrons. The molecule has 2 aliphatic heterocycles. The van der Waals surface area contributed by atoms with Gasteiger partial charge in [0, 0.05) is 0 Å². The summed E-state index contributed by atoms with van der Waals surface area (Å²) in [6, 6.07) is 4.89. The van der Waals surface area contributed by atoms with Crippen molar-refractivity contribution in [2.45, 2.75) is 50.2 Å². The Morgan fingerprint density at radius 1 is 0.931 bits per heavy atom. The van der Waals surface area contributed by atoms with Gasteiger partial charge >= 0.3 is 17.9 Å². The highest BCUT2D eigenvalue weighted by molar-refractivity contribution is 5.74. The standard InChI is InChI=1S/C9H11NO3.2C5H9NO2/c10-8(9(12)13)5-6-1-3-7(11)4-2-6;2*7-5(8)4-2-1-3-6-4/h1-4,8,11H,5,10H2,(H,12,13);2*4,6H,1-3H2,(H,7,8)/t8-;2*4-/m000/s1. The molecular formula is C19H29N3O7. The van der Waals surface area contributed by atoms with Crippen LogP contribution in [0.2, 0.25) is 0 Å². The van der Waals surface area contributed by atoms with Gasteiger partial charge in [-0.3, -0.25) is 14.4 Å². The zero-order valence-corrected chi connectivity index (χ0v) is 16.1. The quantitative estimate of drug-likeness (QED) is 0.348. The molecule has 0 aromatic heterocycles. The molecule has 1 aromatic rings. The van der Waals surface area contributed by atoms with Crippen molar-refractivity contribution in [1.82, 2.24) is 10.6 Å². The fourth-order valence-corrected chi connectivity index (χ4v) is 2.76. The van der Waals surface area contributed by atoms with E-state index in [-0.39, 0.29) is 24.3 Å². The minimum absolute atomic E-state index is 0.160. The first-order valence-corrected chi connectivity index (χ1v) is 9.39. The molecule has 1 aromatic carbocycles. The van der Waals surface area contributed by atoms with Crippen LogP contribution in [-0.4, -0.2) is 69.5 Å². The summed E-state index contributed by atoms with van der Waals surface area (Å²) in [4.78, 5) is 30.7. The van der Waals surface area contributed by atoms with Crippen LogP contribution in [0.3, 0.4) is 0 Å². The normalized spacial score (nSPS) is 21.1. The molecule has 0 aliphatic carbocycles. The highest BCUT2D eigenvalue weighted by Gasteiger charge is 2.20. The molecule has 2 aliphatic rings. The van der Waals surface area contributed by atoms with E-state index < -0.39 is 23.9 Å². The van der Waals surface area contributed by atoms with Crippen LogP contribution >= 0.6 is 0 Å². The third-order valence-electron chi connectivity index (χ3n) is 4.43. The minimum atomic E-state index is -1.02. The number of phenolic OH excluding ortho intramolecular Hbond substituents is 1. The maximum atomic E-state index is 10.4. The number of aliphatic carboxylic acids is 3. The fourth-order valence-electron chi connectivity index (χ4n) is 2.76. The zero-order chi connectivity index (χ0) is 21.8. The van der Waals surface area contributed by atoms with Gasteiger partial charge in [0.15, 0.2) is 0 Å². The molecular weight excluding hydrogens is 382 g/mol. The van der Waals surface area contributed by atoms with Gasteiger partial charge in [-0.2, -0.15) is 0 Å². The predicted octanol–water partition coefficient (Wildman–Crippen LogP) is -0.00740. The summed E-state index contributed by atoms with van der Waals surface area (Å²) in [6.45, 7) is 1.72. The first-order valence-electron chi connectivity index (χ1n) is 9.39. The third-order valence-corrected chi connectivity index (χ3v) is 4.43. The number of rotatable bonds is 5. The van der Waals surface area contributed by atoms with Gasteiger partial charge in [0.05, 0.1) is 0 Å². The molecule has 0 unspecified atom stereocenters. The van der Waals surface area contributed by atoms with Crippen molar-refractivity contribution in [2.24, 2.45) is 5.73 Å². The van der Waals surface area contributed by atoms with Crippen molar-refractivity contribution < 1.29 is 34.8 Å². The Kier molecular flexibility index (Phi) is 10.7. The lowest BCUT2D eigenvalue weighted by Gasteiger charge is -2.05. The van der Waals surface area contributed by atoms with Crippen LogP contribution < -0.4 is 16.4 Å². The maximum Gasteiger partial charge on any atom is 0.320 e. The average Bonchev–Trinajstić information content (AvgIpc) is 3.38. The van der Waals surface area contributed by atoms with Crippen LogP contribution in [0.15, 0.2) is 24.3 Å². The number of carboxylic acids is 3. The lowest BCUT2D eigenvalue weighted by atomic mass is 10.1. The number of nitrogens with one attached hydrogen (secondary N) is 2. The lowest BCUT2D eigenvalue weighted by Crippen LogP contribution is -2.32. The highest BCUT2D eigenvalue weighted by atomic mass is 16.4. The number of hydrogen-bond acceptors (Lipinski definition) is 7. The van der Waals surface area contributed by atoms with Gasteiger partial charge in [0.25, 0.3) is 0 Å². The predicted molar refractivity (Wildman–Crippen MR) is 105 cm³/mol. The Balaban J connectivity index is 0.000000228. The van der Waals surface area contributed by atoms with Crippen LogP contribution in [0.1, 0.15) is 31.2 Å². The molecule has 2 fully saturated rings. The van der Waals surface area contributed by atoms with Crippen LogP contribution in [-0.2, 0) is 20.8 Å². The number of carboxylic acid groups (broad SMARTS) is 3. The topological polar surface area (TPSA) is 182 Å². The van der Waals surface area contributed by atoms with Crippen molar-refractivity contribution >= 4 is 17.9 Å². The second-order valence-electron chi connectivity index (χ2n) is 6.79. The van der Waals surface area contributed by atoms with E-state index in [1.165, 1.54) is 12.1 Å². The van der Waals surface area contributed by atoms with Crippen molar-refractivity contribution in [3.8, 4) is 5.75 Å². The van der Waals surface area contributed by atoms with Gasteiger partial charge in [0.1, 0.15) is 23.9 Å². The Morgan fingerprint density at radius 2 is 1.38 bits per heavy atom. The second kappa shape index (κ2) is 12.7. The molecule has 3 atom stereocenters. The molecule has 0 bridgehead atoms. The smallest absolute Gasteiger partial charge is 0.320 e. The van der Waals surface area contributed by atoms with Crippen molar-refractivity contribution in [1.29, 1.82) is 0 Å². The molecule has 0 amide bonds. The van der Waals surface area contributed by atoms with E-state index in [4.69, 9.17) is 26.2 Å². The fraction of sp³-hybridized carbons (Fsp3) is 0.526. The number of hydrogen-bond donors (Lipinski definition) is 7. The van der Waals surface area contributed by atoms with Gasteiger partial charge in [-0.15, -0.1) is 0 Å². The van der Waals surface area contributed by atoms with Gasteiger partial charge < -0.3 is 36.8 Å². The van der Waals surface area contributed by atoms with Gasteiger partial charge in [-0.1, -0.05) is 12.1 Å². The molecule has 0 spiro atoms. The van der Waals surface area contributed by atoms with E-state index in [9.17, 15) is 14.4 Å². The van der Waals surface area contributed by atoms with E-state index in [0.29, 0.717) is 0 Å². The number of nitrogens with two attached hydrogens (primary N) is 1. The number of phenols is 1. The largest absolute Gasteiger partial charge is 0.508 e. The van der Waals surface area contributed by atoms with E-state index in [0.717, 1.165) is 44.3 Å². The second-order valence-corrected chi connectivity index (χ2v) is 6.79. The SMILES string of the molecule is N[C@@H](Cc1ccc(O)cc1)C(=O)O.O=C(O)[C@@H]1CCCN1.O=C(O)[C@@H]1CCCN1. The minimum Gasteiger partial charge on any atom is -0.508 e. The Labute approximate surface area is 168 Å². The average molecular weight is 411 g/mol. The van der Waals surface area contributed by atoms with Crippen LogP contribution in [0.4, 0.5) is 0 Å². The van der Waals surface area contributed by atoms with Crippen molar-refractivity contribution in [2.75, 3.05) is 13.1 Å². The third kappa shape index (κ3) is 9.88. The zero-order valence-electron chi connectivity index (χ0n) is 16.1. The monoisotopic (exact) mass is 411 g/mol. The van der Waals surface area contributed by atoms with Crippen LogP contribution in [0.5, 0.6) is 5.75 Å². The molecule has 29 heavy (non-hydrogen) atoms. The van der Waals surface area contributed by atoms with E-state index in [2.05, 4.69) is 10.6 Å². The number of aromatic hydroxyl groups is 1. The molecule has 8 N–H and O–H groups in total. The van der Waals surface area contributed by atoms with Crippen molar-refractivity contribution in [3.63, 3.8) is 0 Å². The van der Waals surface area contributed by atoms with Gasteiger partial charge in [0.2, 0.25) is 0 Å². The van der Waals surface area contributed by atoms with E-state index in [1.54, 1.807) is 12.1 Å². The Bertz CT molecular complexity index is 628. The molecule has 0 saturated carbocycles. The van der Waals surface area contributed by atoms with E-state index in [1.807, 2.05) is 0 Å². The first-order chi connectivity index (χ1) is 13.7. The Morgan fingerprint density at radius 3 is 1.66 bits per heavy atom. The summed E-state index contributed by atoms with van der Waals surface area (Å²) >= 11 is 0. The Hall–Kier alpha value is -2.69.